The van der Waals surface area contributed by atoms with E-state index in [9.17, 15) is 10.1 Å². The van der Waals surface area contributed by atoms with Crippen LogP contribution in [0.5, 0.6) is 5.75 Å². The summed E-state index contributed by atoms with van der Waals surface area (Å²) >= 11 is 5.97. The Bertz CT molecular complexity index is 599. The number of nitriles is 1. The highest BCUT2D eigenvalue weighted by atomic mass is 35.5. The number of nitrogens with zero attached hydrogens (tertiary/aromatic N) is 2. The highest BCUT2D eigenvalue weighted by molar-refractivity contribution is 6.30. The van der Waals surface area contributed by atoms with Gasteiger partial charge in [-0.25, -0.2) is 0 Å². The fourth-order valence-corrected chi connectivity index (χ4v) is 2.56. The van der Waals surface area contributed by atoms with Gasteiger partial charge < -0.3 is 9.64 Å². The van der Waals surface area contributed by atoms with E-state index < -0.39 is 0 Å². The summed E-state index contributed by atoms with van der Waals surface area (Å²) in [6.45, 7) is 1.43. The summed E-state index contributed by atoms with van der Waals surface area (Å²) in [6, 6.07) is 7.09. The minimum Gasteiger partial charge on any atom is -0.496 e. The first-order chi connectivity index (χ1) is 10.2. The van der Waals surface area contributed by atoms with Crippen LogP contribution in [-0.4, -0.2) is 31.0 Å². The lowest BCUT2D eigenvalue weighted by Gasteiger charge is -2.26. The summed E-state index contributed by atoms with van der Waals surface area (Å²) in [6.07, 6.45) is 4.66. The number of carbonyl (C=O) groups excluding carboxylic acids is 1. The van der Waals surface area contributed by atoms with Crippen LogP contribution in [0.15, 0.2) is 23.8 Å². The molecule has 0 radical (unpaired) electrons. The number of hydrogen-bond donors (Lipinski definition) is 0. The van der Waals surface area contributed by atoms with Gasteiger partial charge in [-0.3, -0.25) is 4.79 Å². The minimum atomic E-state index is -0.223. The molecule has 0 spiro atoms. The van der Waals surface area contributed by atoms with E-state index in [0.29, 0.717) is 29.4 Å². The molecule has 1 aliphatic rings. The molecule has 0 N–H and O–H groups in total. The molecule has 1 aromatic rings. The maximum absolute atomic E-state index is 12.4. The van der Waals surface area contributed by atoms with Crippen LogP contribution in [0, 0.1) is 11.3 Å². The third-order valence-electron chi connectivity index (χ3n) is 3.49. The van der Waals surface area contributed by atoms with E-state index in [2.05, 4.69) is 0 Å². The zero-order valence-electron chi connectivity index (χ0n) is 11.9. The number of carbonyl (C=O) groups is 1. The summed E-state index contributed by atoms with van der Waals surface area (Å²) in [4.78, 5) is 14.1. The predicted octanol–water partition coefficient (Wildman–Crippen LogP) is 3.27. The smallest absolute Gasteiger partial charge is 0.264 e. The van der Waals surface area contributed by atoms with Crippen LogP contribution in [0.25, 0.3) is 6.08 Å². The zero-order chi connectivity index (χ0) is 15.2. The van der Waals surface area contributed by atoms with Crippen LogP contribution in [0.4, 0.5) is 0 Å². The third kappa shape index (κ3) is 3.77. The standard InChI is InChI=1S/C16H17ClN2O2/c1-21-15-6-5-14(17)10-12(15)9-13(11-18)16(20)19-7-3-2-4-8-19/h5-6,9-10H,2-4,7-8H2,1H3/b13-9+. The molecule has 0 aliphatic carbocycles. The van der Waals surface area contributed by atoms with Gasteiger partial charge in [0.1, 0.15) is 17.4 Å². The minimum absolute atomic E-state index is 0.109. The molecular formula is C16H17ClN2O2. The van der Waals surface area contributed by atoms with Crippen molar-refractivity contribution in [3.05, 3.63) is 34.4 Å². The lowest BCUT2D eigenvalue weighted by molar-refractivity contribution is -0.127. The summed E-state index contributed by atoms with van der Waals surface area (Å²) in [5.74, 6) is 0.359. The van der Waals surface area contributed by atoms with Gasteiger partial charge in [0.2, 0.25) is 0 Å². The van der Waals surface area contributed by atoms with Gasteiger partial charge in [-0.1, -0.05) is 11.6 Å². The number of likely N-dealkylation sites (tertiary alicyclic amines) is 1. The number of ether oxygens (including phenoxy) is 1. The van der Waals surface area contributed by atoms with E-state index in [1.165, 1.54) is 0 Å². The van der Waals surface area contributed by atoms with Crippen molar-refractivity contribution in [2.24, 2.45) is 0 Å². The Labute approximate surface area is 129 Å². The van der Waals surface area contributed by atoms with Gasteiger partial charge in [0.25, 0.3) is 5.91 Å². The first kappa shape index (κ1) is 15.4. The number of halogens is 1. The largest absolute Gasteiger partial charge is 0.496 e. The second-order valence-corrected chi connectivity index (χ2v) is 5.35. The molecule has 110 valence electrons. The monoisotopic (exact) mass is 304 g/mol. The van der Waals surface area contributed by atoms with Gasteiger partial charge in [0, 0.05) is 23.7 Å². The highest BCUT2D eigenvalue weighted by Gasteiger charge is 2.20. The van der Waals surface area contributed by atoms with Gasteiger partial charge >= 0.3 is 0 Å². The Hall–Kier alpha value is -1.99. The molecule has 0 saturated carbocycles. The molecule has 21 heavy (non-hydrogen) atoms. The number of rotatable bonds is 3. The van der Waals surface area contributed by atoms with E-state index in [4.69, 9.17) is 16.3 Å². The normalized spacial score (nSPS) is 15.5. The SMILES string of the molecule is COc1ccc(Cl)cc1/C=C(\C#N)C(=O)N1CCCCC1. The second-order valence-electron chi connectivity index (χ2n) is 4.91. The molecule has 5 heteroatoms. The van der Waals surface area contributed by atoms with E-state index in [0.717, 1.165) is 19.3 Å². The van der Waals surface area contributed by atoms with Gasteiger partial charge in [0.05, 0.1) is 7.11 Å². The maximum atomic E-state index is 12.4. The van der Waals surface area contributed by atoms with Crippen molar-refractivity contribution in [3.8, 4) is 11.8 Å². The Morgan fingerprint density at radius 3 is 2.71 bits per heavy atom. The van der Waals surface area contributed by atoms with Crippen molar-refractivity contribution in [1.29, 1.82) is 5.26 Å². The summed E-state index contributed by atoms with van der Waals surface area (Å²) in [5, 5.41) is 9.81. The first-order valence-corrected chi connectivity index (χ1v) is 7.28. The molecular weight excluding hydrogens is 288 g/mol. The fraction of sp³-hybridized carbons (Fsp3) is 0.375. The molecule has 2 rings (SSSR count). The van der Waals surface area contributed by atoms with Crippen LogP contribution in [-0.2, 0) is 4.79 Å². The molecule has 1 aromatic carbocycles. The molecule has 1 aliphatic heterocycles. The van der Waals surface area contributed by atoms with Crippen molar-refractivity contribution in [2.75, 3.05) is 20.2 Å². The average molecular weight is 305 g/mol. The van der Waals surface area contributed by atoms with Crippen LogP contribution in [0.1, 0.15) is 24.8 Å². The van der Waals surface area contributed by atoms with Crippen molar-refractivity contribution >= 4 is 23.6 Å². The number of piperidine rings is 1. The van der Waals surface area contributed by atoms with Crippen molar-refractivity contribution in [3.63, 3.8) is 0 Å². The molecule has 1 amide bonds. The fourth-order valence-electron chi connectivity index (χ4n) is 2.38. The predicted molar refractivity (Wildman–Crippen MR) is 82.0 cm³/mol. The number of amides is 1. The summed E-state index contributed by atoms with van der Waals surface area (Å²) in [7, 11) is 1.54. The molecule has 0 unspecified atom stereocenters. The van der Waals surface area contributed by atoms with Crippen molar-refractivity contribution < 1.29 is 9.53 Å². The van der Waals surface area contributed by atoms with Crippen LogP contribution >= 0.6 is 11.6 Å². The molecule has 4 nitrogen and oxygen atoms in total. The topological polar surface area (TPSA) is 53.3 Å². The molecule has 1 fully saturated rings. The molecule has 0 bridgehead atoms. The summed E-state index contributed by atoms with van der Waals surface area (Å²) < 4.78 is 5.23. The molecule has 1 saturated heterocycles. The Kier molecular flexibility index (Phi) is 5.24. The van der Waals surface area contributed by atoms with Crippen molar-refractivity contribution in [2.45, 2.75) is 19.3 Å². The lowest BCUT2D eigenvalue weighted by Crippen LogP contribution is -2.36. The number of benzene rings is 1. The number of methoxy groups -OCH3 is 1. The zero-order valence-corrected chi connectivity index (χ0v) is 12.7. The Balaban J connectivity index is 2.30. The molecule has 0 aromatic heterocycles. The van der Waals surface area contributed by atoms with Gasteiger partial charge in [-0.2, -0.15) is 5.26 Å². The van der Waals surface area contributed by atoms with E-state index >= 15 is 0 Å². The Morgan fingerprint density at radius 2 is 2.10 bits per heavy atom. The average Bonchev–Trinajstić information content (AvgIpc) is 2.53. The van der Waals surface area contributed by atoms with Gasteiger partial charge in [-0.05, 0) is 43.5 Å². The summed E-state index contributed by atoms with van der Waals surface area (Å²) in [5.41, 5.74) is 0.740. The van der Waals surface area contributed by atoms with Crippen molar-refractivity contribution in [1.82, 2.24) is 4.90 Å². The molecule has 0 atom stereocenters. The van der Waals surface area contributed by atoms with E-state index in [-0.39, 0.29) is 11.5 Å². The molecule has 1 heterocycles. The second kappa shape index (κ2) is 7.14. The van der Waals surface area contributed by atoms with Crippen LogP contribution in [0.3, 0.4) is 0 Å². The maximum Gasteiger partial charge on any atom is 0.264 e. The van der Waals surface area contributed by atoms with E-state index in [1.54, 1.807) is 36.3 Å². The van der Waals surface area contributed by atoms with Gasteiger partial charge in [0.15, 0.2) is 0 Å². The third-order valence-corrected chi connectivity index (χ3v) is 3.72. The van der Waals surface area contributed by atoms with Crippen LogP contribution < -0.4 is 4.74 Å². The lowest BCUT2D eigenvalue weighted by atomic mass is 10.1. The quantitative estimate of drug-likeness (QED) is 0.636. The number of hydrogen-bond acceptors (Lipinski definition) is 3. The van der Waals surface area contributed by atoms with Crippen LogP contribution in [0.2, 0.25) is 5.02 Å². The Morgan fingerprint density at radius 1 is 1.38 bits per heavy atom. The highest BCUT2D eigenvalue weighted by Crippen LogP contribution is 2.25. The van der Waals surface area contributed by atoms with E-state index in [1.807, 2.05) is 6.07 Å². The van der Waals surface area contributed by atoms with Gasteiger partial charge in [-0.15, -0.1) is 0 Å². The first-order valence-electron chi connectivity index (χ1n) is 6.90.